The van der Waals surface area contributed by atoms with Crippen LogP contribution in [0, 0.1) is 17.8 Å². The van der Waals surface area contributed by atoms with Crippen LogP contribution < -0.4 is 0 Å². The Kier molecular flexibility index (Phi) is 0.961. The van der Waals surface area contributed by atoms with E-state index in [1.165, 1.54) is 12.8 Å². The molecule has 0 N–H and O–H groups in total. The van der Waals surface area contributed by atoms with E-state index in [0.29, 0.717) is 17.6 Å². The first-order valence-electron chi connectivity index (χ1n) is 3.82. The molecule has 0 spiro atoms. The quantitative estimate of drug-likeness (QED) is 0.479. The highest BCUT2D eigenvalue weighted by molar-refractivity contribution is 5.88. The topological polar surface area (TPSA) is 17.1 Å². The second-order valence-electron chi connectivity index (χ2n) is 3.51. The lowest BCUT2D eigenvalue weighted by Gasteiger charge is -2.30. The molecule has 2 fully saturated rings. The lowest BCUT2D eigenvalue weighted by Crippen LogP contribution is -2.35. The Morgan fingerprint density at radius 3 is 2.67 bits per heavy atom. The van der Waals surface area contributed by atoms with E-state index in [2.05, 4.69) is 6.92 Å². The van der Waals surface area contributed by atoms with Gasteiger partial charge < -0.3 is 0 Å². The van der Waals surface area contributed by atoms with Crippen LogP contribution in [0.15, 0.2) is 0 Å². The van der Waals surface area contributed by atoms with Crippen molar-refractivity contribution in [1.29, 1.82) is 0 Å². The summed E-state index contributed by atoms with van der Waals surface area (Å²) >= 11 is 0. The molecule has 2 saturated carbocycles. The minimum absolute atomic E-state index is 0.491. The lowest BCUT2D eigenvalue weighted by molar-refractivity contribution is -0.134. The number of hydrogen-bond acceptors (Lipinski definition) is 1. The lowest BCUT2D eigenvalue weighted by atomic mass is 9.72. The normalized spacial score (nSPS) is 48.6. The third-order valence-corrected chi connectivity index (χ3v) is 2.95. The first-order chi connectivity index (χ1) is 4.29. The maximum Gasteiger partial charge on any atom is 0.136 e. The number of hydrogen-bond donors (Lipinski definition) is 0. The zero-order valence-electron chi connectivity index (χ0n) is 5.76. The summed E-state index contributed by atoms with van der Waals surface area (Å²) in [5.74, 6) is 2.53. The van der Waals surface area contributed by atoms with Gasteiger partial charge in [0, 0.05) is 12.3 Å². The van der Waals surface area contributed by atoms with E-state index < -0.39 is 0 Å². The van der Waals surface area contributed by atoms with Gasteiger partial charge in [-0.15, -0.1) is 0 Å². The van der Waals surface area contributed by atoms with Crippen molar-refractivity contribution in [1.82, 2.24) is 0 Å². The maximum absolute atomic E-state index is 10.9. The van der Waals surface area contributed by atoms with Crippen LogP contribution in [-0.2, 0) is 4.79 Å². The number of Topliss-reactive ketones (excluding diaryl/α,β-unsaturated/α-hetero) is 1. The summed E-state index contributed by atoms with van der Waals surface area (Å²) in [5.41, 5.74) is 0. The summed E-state index contributed by atoms with van der Waals surface area (Å²) in [4.78, 5) is 10.9. The van der Waals surface area contributed by atoms with E-state index in [0.717, 1.165) is 12.3 Å². The van der Waals surface area contributed by atoms with Crippen molar-refractivity contribution < 1.29 is 4.79 Å². The minimum Gasteiger partial charge on any atom is -0.299 e. The molecule has 1 nitrogen and oxygen atoms in total. The smallest absolute Gasteiger partial charge is 0.136 e. The van der Waals surface area contributed by atoms with Crippen molar-refractivity contribution in [2.75, 3.05) is 0 Å². The molecular formula is C8H12O. The third-order valence-electron chi connectivity index (χ3n) is 2.95. The summed E-state index contributed by atoms with van der Waals surface area (Å²) < 4.78 is 0. The number of carbonyl (C=O) groups excluding carboxylic acids is 1. The average molecular weight is 124 g/mol. The number of ketones is 1. The molecule has 0 aromatic carbocycles. The van der Waals surface area contributed by atoms with Crippen LogP contribution in [0.25, 0.3) is 0 Å². The fourth-order valence-corrected chi connectivity index (χ4v) is 2.34. The maximum atomic E-state index is 10.9. The molecule has 2 aliphatic rings. The minimum atomic E-state index is 0.491. The van der Waals surface area contributed by atoms with E-state index in [-0.39, 0.29) is 0 Å². The Hall–Kier alpha value is -0.330. The average Bonchev–Trinajstić information content (AvgIpc) is 2.04. The molecule has 3 unspecified atom stereocenters. The van der Waals surface area contributed by atoms with E-state index >= 15 is 0 Å². The van der Waals surface area contributed by atoms with Crippen molar-refractivity contribution in [3.8, 4) is 0 Å². The van der Waals surface area contributed by atoms with Gasteiger partial charge in [0.2, 0.25) is 0 Å². The molecule has 0 amide bonds. The Morgan fingerprint density at radius 2 is 2.22 bits per heavy atom. The van der Waals surface area contributed by atoms with Gasteiger partial charge in [-0.05, 0) is 24.7 Å². The van der Waals surface area contributed by atoms with Gasteiger partial charge in [-0.3, -0.25) is 4.79 Å². The van der Waals surface area contributed by atoms with Gasteiger partial charge in [0.25, 0.3) is 0 Å². The van der Waals surface area contributed by atoms with Crippen LogP contribution in [0.2, 0.25) is 0 Å². The molecule has 2 aliphatic carbocycles. The Bertz CT molecular complexity index is 145. The van der Waals surface area contributed by atoms with Crippen molar-refractivity contribution in [2.45, 2.75) is 26.2 Å². The van der Waals surface area contributed by atoms with Crippen molar-refractivity contribution in [2.24, 2.45) is 17.8 Å². The largest absolute Gasteiger partial charge is 0.299 e. The fourth-order valence-electron chi connectivity index (χ4n) is 2.34. The van der Waals surface area contributed by atoms with Crippen molar-refractivity contribution >= 4 is 5.78 Å². The second kappa shape index (κ2) is 1.59. The molecule has 0 aromatic heterocycles. The van der Waals surface area contributed by atoms with Crippen LogP contribution in [0.1, 0.15) is 26.2 Å². The summed E-state index contributed by atoms with van der Waals surface area (Å²) in [6, 6.07) is 0. The molecule has 0 heterocycles. The zero-order valence-corrected chi connectivity index (χ0v) is 5.76. The van der Waals surface area contributed by atoms with E-state index in [1.807, 2.05) is 0 Å². The van der Waals surface area contributed by atoms with Crippen LogP contribution in [-0.4, -0.2) is 5.78 Å². The molecule has 0 bridgehead atoms. The number of fused-ring (bicyclic) bond motifs is 1. The van der Waals surface area contributed by atoms with Crippen LogP contribution >= 0.6 is 0 Å². The molecule has 0 radical (unpaired) electrons. The molecule has 1 heteroatoms. The highest BCUT2D eigenvalue weighted by Crippen LogP contribution is 2.47. The van der Waals surface area contributed by atoms with Crippen LogP contribution in [0.4, 0.5) is 0 Å². The molecule has 9 heavy (non-hydrogen) atoms. The van der Waals surface area contributed by atoms with Crippen molar-refractivity contribution in [3.05, 3.63) is 0 Å². The monoisotopic (exact) mass is 124 g/mol. The molecule has 0 saturated heterocycles. The van der Waals surface area contributed by atoms with Crippen molar-refractivity contribution in [3.63, 3.8) is 0 Å². The van der Waals surface area contributed by atoms with Gasteiger partial charge in [-0.25, -0.2) is 0 Å². The van der Waals surface area contributed by atoms with Crippen LogP contribution in [0.5, 0.6) is 0 Å². The molecular weight excluding hydrogens is 112 g/mol. The second-order valence-corrected chi connectivity index (χ2v) is 3.51. The highest BCUT2D eigenvalue weighted by Gasteiger charge is 2.46. The van der Waals surface area contributed by atoms with Gasteiger partial charge >= 0.3 is 0 Å². The predicted octanol–water partition coefficient (Wildman–Crippen LogP) is 1.62. The Balaban J connectivity index is 2.14. The van der Waals surface area contributed by atoms with Gasteiger partial charge in [-0.1, -0.05) is 6.92 Å². The molecule has 2 rings (SSSR count). The van der Waals surface area contributed by atoms with Gasteiger partial charge in [0.05, 0.1) is 0 Å². The molecule has 0 aromatic rings. The first-order valence-corrected chi connectivity index (χ1v) is 3.82. The SMILES string of the molecule is CC1CCC2CC(=O)C12. The Morgan fingerprint density at radius 1 is 1.44 bits per heavy atom. The summed E-state index contributed by atoms with van der Waals surface area (Å²) in [6.07, 6.45) is 3.51. The Labute approximate surface area is 55.4 Å². The summed E-state index contributed by atoms with van der Waals surface area (Å²) in [7, 11) is 0. The molecule has 0 aliphatic heterocycles. The molecule has 50 valence electrons. The van der Waals surface area contributed by atoms with E-state index in [1.54, 1.807) is 0 Å². The standard InChI is InChI=1S/C8H12O/c1-5-2-3-6-4-7(9)8(5)6/h5-6,8H,2-4H2,1H3. The van der Waals surface area contributed by atoms with Crippen LogP contribution in [0.3, 0.4) is 0 Å². The zero-order chi connectivity index (χ0) is 6.43. The predicted molar refractivity (Wildman–Crippen MR) is 35.0 cm³/mol. The number of carbonyl (C=O) groups is 1. The van der Waals surface area contributed by atoms with E-state index in [4.69, 9.17) is 0 Å². The van der Waals surface area contributed by atoms with Gasteiger partial charge in [-0.2, -0.15) is 0 Å². The van der Waals surface area contributed by atoms with Gasteiger partial charge in [0.1, 0.15) is 5.78 Å². The number of rotatable bonds is 0. The van der Waals surface area contributed by atoms with Gasteiger partial charge in [0.15, 0.2) is 0 Å². The summed E-state index contributed by atoms with van der Waals surface area (Å²) in [6.45, 7) is 2.21. The van der Waals surface area contributed by atoms with E-state index in [9.17, 15) is 4.79 Å². The summed E-state index contributed by atoms with van der Waals surface area (Å²) in [5, 5.41) is 0. The molecule has 3 atom stereocenters. The fraction of sp³-hybridized carbons (Fsp3) is 0.875. The highest BCUT2D eigenvalue weighted by atomic mass is 16.1. The first kappa shape index (κ1) is 5.45. The third kappa shape index (κ3) is 0.577.